The summed E-state index contributed by atoms with van der Waals surface area (Å²) in [5.41, 5.74) is 3.45. The van der Waals surface area contributed by atoms with E-state index < -0.39 is 0 Å². The topological polar surface area (TPSA) is 67.1 Å². The monoisotopic (exact) mass is 221 g/mol. The van der Waals surface area contributed by atoms with Gasteiger partial charge in [-0.15, -0.1) is 0 Å². The maximum Gasteiger partial charge on any atom is 0.239 e. The maximum atomic E-state index is 5.35. The Morgan fingerprint density at radius 3 is 2.69 bits per heavy atom. The zero-order valence-electron chi connectivity index (χ0n) is 9.90. The summed E-state index contributed by atoms with van der Waals surface area (Å²) >= 11 is 0. The van der Waals surface area contributed by atoms with E-state index in [-0.39, 0.29) is 0 Å². The lowest BCUT2D eigenvalue weighted by Crippen LogP contribution is -2.33. The van der Waals surface area contributed by atoms with Crippen molar-refractivity contribution in [1.82, 2.24) is 9.97 Å². The lowest BCUT2D eigenvalue weighted by molar-refractivity contribution is 0.436. The van der Waals surface area contributed by atoms with Gasteiger partial charge in [0.15, 0.2) is 0 Å². The molecule has 1 fully saturated rings. The molecule has 1 aromatic heterocycles. The van der Waals surface area contributed by atoms with Crippen LogP contribution in [0.5, 0.6) is 0 Å². The molecule has 5 nitrogen and oxygen atoms in total. The molecular weight excluding hydrogens is 202 g/mol. The number of aromatic nitrogens is 2. The molecule has 0 unspecified atom stereocenters. The van der Waals surface area contributed by atoms with Crippen LogP contribution in [0.15, 0.2) is 6.07 Å². The average molecular weight is 221 g/mol. The van der Waals surface area contributed by atoms with Gasteiger partial charge >= 0.3 is 0 Å². The van der Waals surface area contributed by atoms with E-state index in [1.807, 2.05) is 13.0 Å². The first-order valence-corrected chi connectivity index (χ1v) is 5.76. The number of hydrogen-bond donors (Lipinski definition) is 2. The van der Waals surface area contributed by atoms with Gasteiger partial charge in [-0.25, -0.2) is 10.8 Å². The Kier molecular flexibility index (Phi) is 3.24. The number of nitrogen functional groups attached to an aromatic ring is 1. The molecule has 1 aliphatic rings. The second-order valence-electron chi connectivity index (χ2n) is 4.51. The number of hydrazine groups is 1. The van der Waals surface area contributed by atoms with Crippen molar-refractivity contribution < 1.29 is 0 Å². The minimum absolute atomic E-state index is 0.494. The third-order valence-electron chi connectivity index (χ3n) is 3.08. The summed E-state index contributed by atoms with van der Waals surface area (Å²) in [5, 5.41) is 0. The molecular formula is C11H19N5. The maximum absolute atomic E-state index is 5.35. The summed E-state index contributed by atoms with van der Waals surface area (Å²) in [5.74, 6) is 7.64. The van der Waals surface area contributed by atoms with Gasteiger partial charge < -0.3 is 4.90 Å². The zero-order chi connectivity index (χ0) is 11.5. The second-order valence-corrected chi connectivity index (χ2v) is 4.51. The van der Waals surface area contributed by atoms with Crippen molar-refractivity contribution in [3.8, 4) is 0 Å². The van der Waals surface area contributed by atoms with Gasteiger partial charge in [0.2, 0.25) is 5.95 Å². The lowest BCUT2D eigenvalue weighted by atomic mass is 9.99. The minimum atomic E-state index is 0.494. The third kappa shape index (κ3) is 2.41. The number of piperidine rings is 1. The van der Waals surface area contributed by atoms with Gasteiger partial charge in [0.25, 0.3) is 0 Å². The van der Waals surface area contributed by atoms with Crippen LogP contribution >= 0.6 is 0 Å². The van der Waals surface area contributed by atoms with Crippen LogP contribution in [0.3, 0.4) is 0 Å². The molecule has 88 valence electrons. The number of anilines is 2. The predicted molar refractivity (Wildman–Crippen MR) is 65.2 cm³/mol. The van der Waals surface area contributed by atoms with E-state index >= 15 is 0 Å². The number of nitrogens with one attached hydrogen (secondary N) is 1. The first-order valence-electron chi connectivity index (χ1n) is 5.76. The van der Waals surface area contributed by atoms with Crippen molar-refractivity contribution in [2.75, 3.05) is 23.4 Å². The Labute approximate surface area is 96.0 Å². The van der Waals surface area contributed by atoms with E-state index in [0.717, 1.165) is 30.5 Å². The molecule has 0 atom stereocenters. The highest BCUT2D eigenvalue weighted by atomic mass is 15.3. The van der Waals surface area contributed by atoms with Gasteiger partial charge in [0.05, 0.1) is 0 Å². The van der Waals surface area contributed by atoms with E-state index in [2.05, 4.69) is 27.2 Å². The van der Waals surface area contributed by atoms with Crippen LogP contribution < -0.4 is 16.2 Å². The Hall–Kier alpha value is -1.36. The fourth-order valence-electron chi connectivity index (χ4n) is 2.02. The van der Waals surface area contributed by atoms with Crippen molar-refractivity contribution in [3.63, 3.8) is 0 Å². The van der Waals surface area contributed by atoms with Crippen LogP contribution in [0.2, 0.25) is 0 Å². The zero-order valence-corrected chi connectivity index (χ0v) is 9.90. The molecule has 2 heterocycles. The van der Waals surface area contributed by atoms with Crippen LogP contribution in [0.1, 0.15) is 25.5 Å². The van der Waals surface area contributed by atoms with Crippen LogP contribution in [0.4, 0.5) is 11.8 Å². The minimum Gasteiger partial charge on any atom is -0.356 e. The molecule has 0 saturated carbocycles. The summed E-state index contributed by atoms with van der Waals surface area (Å²) in [7, 11) is 0. The van der Waals surface area contributed by atoms with Gasteiger partial charge in [0.1, 0.15) is 5.82 Å². The predicted octanol–water partition coefficient (Wildman–Crippen LogP) is 1.31. The van der Waals surface area contributed by atoms with Crippen LogP contribution in [-0.4, -0.2) is 23.1 Å². The van der Waals surface area contributed by atoms with Crippen molar-refractivity contribution in [2.24, 2.45) is 11.8 Å². The standard InChI is InChI=1S/C11H19N5/c1-8-3-5-16(6-4-8)10-7-9(2)13-11(14-10)15-12/h7-8H,3-6,12H2,1-2H3,(H,13,14,15). The van der Waals surface area contributed by atoms with Crippen molar-refractivity contribution in [3.05, 3.63) is 11.8 Å². The van der Waals surface area contributed by atoms with E-state index in [0.29, 0.717) is 5.95 Å². The summed E-state index contributed by atoms with van der Waals surface area (Å²) in [4.78, 5) is 10.9. The number of rotatable bonds is 2. The average Bonchev–Trinajstić information content (AvgIpc) is 2.29. The Morgan fingerprint density at radius 2 is 2.06 bits per heavy atom. The Morgan fingerprint density at radius 1 is 1.38 bits per heavy atom. The normalized spacial score (nSPS) is 17.6. The van der Waals surface area contributed by atoms with Crippen LogP contribution in [0.25, 0.3) is 0 Å². The first-order chi connectivity index (χ1) is 7.69. The molecule has 0 bridgehead atoms. The number of aryl methyl sites for hydroxylation is 1. The Balaban J connectivity index is 2.16. The molecule has 0 aromatic carbocycles. The molecule has 0 spiro atoms. The molecule has 5 heteroatoms. The van der Waals surface area contributed by atoms with Gasteiger partial charge in [-0.3, -0.25) is 5.43 Å². The van der Waals surface area contributed by atoms with Gasteiger partial charge in [-0.05, 0) is 25.7 Å². The third-order valence-corrected chi connectivity index (χ3v) is 3.08. The fraction of sp³-hybridized carbons (Fsp3) is 0.636. The van der Waals surface area contributed by atoms with Crippen molar-refractivity contribution in [2.45, 2.75) is 26.7 Å². The largest absolute Gasteiger partial charge is 0.356 e. The molecule has 0 aliphatic carbocycles. The highest BCUT2D eigenvalue weighted by molar-refractivity contribution is 5.44. The first kappa shape index (κ1) is 11.1. The molecule has 1 aliphatic heterocycles. The van der Waals surface area contributed by atoms with Gasteiger partial charge in [0, 0.05) is 24.8 Å². The molecule has 3 N–H and O–H groups in total. The quantitative estimate of drug-likeness (QED) is 0.582. The molecule has 16 heavy (non-hydrogen) atoms. The van der Waals surface area contributed by atoms with E-state index in [1.54, 1.807) is 0 Å². The summed E-state index contributed by atoms with van der Waals surface area (Å²) < 4.78 is 0. The molecule has 1 aromatic rings. The Bertz CT molecular complexity index is 357. The molecule has 0 radical (unpaired) electrons. The summed E-state index contributed by atoms with van der Waals surface area (Å²) in [6.07, 6.45) is 2.46. The number of nitrogens with two attached hydrogens (primary N) is 1. The van der Waals surface area contributed by atoms with E-state index in [9.17, 15) is 0 Å². The smallest absolute Gasteiger partial charge is 0.239 e. The van der Waals surface area contributed by atoms with Crippen molar-refractivity contribution >= 4 is 11.8 Å². The summed E-state index contributed by atoms with van der Waals surface area (Å²) in [6, 6.07) is 2.01. The van der Waals surface area contributed by atoms with Gasteiger partial charge in [-0.2, -0.15) is 4.98 Å². The molecule has 1 saturated heterocycles. The van der Waals surface area contributed by atoms with E-state index in [4.69, 9.17) is 5.84 Å². The SMILES string of the molecule is Cc1cc(N2CCC(C)CC2)nc(NN)n1. The van der Waals surface area contributed by atoms with Crippen LogP contribution in [-0.2, 0) is 0 Å². The van der Waals surface area contributed by atoms with Crippen LogP contribution in [0, 0.1) is 12.8 Å². The lowest BCUT2D eigenvalue weighted by Gasteiger charge is -2.31. The highest BCUT2D eigenvalue weighted by Crippen LogP contribution is 2.22. The number of nitrogens with zero attached hydrogens (tertiary/aromatic N) is 3. The summed E-state index contributed by atoms with van der Waals surface area (Å²) in [6.45, 7) is 6.40. The number of hydrogen-bond acceptors (Lipinski definition) is 5. The molecule has 2 rings (SSSR count). The fourth-order valence-corrected chi connectivity index (χ4v) is 2.02. The van der Waals surface area contributed by atoms with E-state index in [1.165, 1.54) is 12.8 Å². The highest BCUT2D eigenvalue weighted by Gasteiger charge is 2.17. The molecule has 0 amide bonds. The second kappa shape index (κ2) is 4.65. The van der Waals surface area contributed by atoms with Gasteiger partial charge in [-0.1, -0.05) is 6.92 Å². The van der Waals surface area contributed by atoms with Crippen molar-refractivity contribution in [1.29, 1.82) is 0 Å².